The van der Waals surface area contributed by atoms with Crippen LogP contribution in [0.1, 0.15) is 19.3 Å². The summed E-state index contributed by atoms with van der Waals surface area (Å²) in [5.41, 5.74) is 10.7. The van der Waals surface area contributed by atoms with Gasteiger partial charge in [0.15, 0.2) is 0 Å². The molecule has 0 radical (unpaired) electrons. The second-order valence-electron chi connectivity index (χ2n) is 3.90. The number of rotatable bonds is 10. The molecule has 0 aromatic heterocycles. The average molecular weight is 356 g/mol. The predicted octanol–water partition coefficient (Wildman–Crippen LogP) is -1.55. The van der Waals surface area contributed by atoms with Gasteiger partial charge in [0, 0.05) is 17.1 Å². The largest absolute Gasteiger partial charge is 0.529 e. The van der Waals surface area contributed by atoms with Gasteiger partial charge in [0.2, 0.25) is 0 Å². The Labute approximate surface area is 127 Å². The van der Waals surface area contributed by atoms with E-state index in [4.69, 9.17) is 21.7 Å². The number of aliphatic hydroxyl groups is 2. The van der Waals surface area contributed by atoms with Crippen LogP contribution in [0, 0.1) is 0 Å². The van der Waals surface area contributed by atoms with Crippen LogP contribution >= 0.6 is 7.82 Å². The Balaban J connectivity index is 0. The van der Waals surface area contributed by atoms with E-state index in [1.54, 1.807) is 0 Å². The van der Waals surface area contributed by atoms with Crippen molar-refractivity contribution in [3.8, 4) is 0 Å². The summed E-state index contributed by atoms with van der Waals surface area (Å²) >= 11 is 0. The van der Waals surface area contributed by atoms with Gasteiger partial charge in [-0.05, 0) is 19.4 Å². The molecule has 3 unspecified atom stereocenters. The van der Waals surface area contributed by atoms with Crippen molar-refractivity contribution in [3.63, 3.8) is 0 Å². The molecule has 9 nitrogen and oxygen atoms in total. The molecule has 11 heteroatoms. The molecule has 122 valence electrons. The average Bonchev–Trinajstić information content (AvgIpc) is 2.35. The number of carbonyl (C=O) groups excluding carboxylic acids is 1. The van der Waals surface area contributed by atoms with Crippen LogP contribution in [0.2, 0.25) is 0 Å². The fourth-order valence-corrected chi connectivity index (χ4v) is 1.84. The molecule has 0 rings (SSSR count). The Bertz CT molecular complexity index is 321. The second kappa shape index (κ2) is 11.6. The summed E-state index contributed by atoms with van der Waals surface area (Å²) in [4.78, 5) is 20.5. The Morgan fingerprint density at radius 2 is 1.95 bits per heavy atom. The third-order valence-corrected chi connectivity index (χ3v) is 3.00. The molecular formula is C9H21FeN2O7P. The van der Waals surface area contributed by atoms with Crippen LogP contribution in [-0.4, -0.2) is 53.0 Å². The van der Waals surface area contributed by atoms with Crippen molar-refractivity contribution in [2.24, 2.45) is 11.5 Å². The molecule has 0 heterocycles. The fourth-order valence-electron chi connectivity index (χ4n) is 1.07. The van der Waals surface area contributed by atoms with E-state index in [0.29, 0.717) is 19.4 Å². The van der Waals surface area contributed by atoms with Crippen molar-refractivity contribution in [1.82, 2.24) is 0 Å². The first-order chi connectivity index (χ1) is 8.82. The zero-order chi connectivity index (χ0) is 14.9. The van der Waals surface area contributed by atoms with E-state index in [-0.39, 0.29) is 23.5 Å². The van der Waals surface area contributed by atoms with E-state index in [0.717, 1.165) is 0 Å². The first kappa shape index (κ1) is 22.3. The number of nitrogens with two attached hydrogens (primary N) is 2. The number of carbonyl (C=O) groups is 1. The molecule has 0 saturated heterocycles. The molecule has 20 heavy (non-hydrogen) atoms. The van der Waals surface area contributed by atoms with Crippen LogP contribution < -0.4 is 11.5 Å². The van der Waals surface area contributed by atoms with Crippen LogP contribution in [0.5, 0.6) is 0 Å². The minimum absolute atomic E-state index is 0. The van der Waals surface area contributed by atoms with E-state index in [1.165, 1.54) is 0 Å². The second-order valence-corrected chi connectivity index (χ2v) is 5.28. The van der Waals surface area contributed by atoms with Gasteiger partial charge in [0.25, 0.3) is 0 Å². The summed E-state index contributed by atoms with van der Waals surface area (Å²) in [5, 5.41) is 17.4. The van der Waals surface area contributed by atoms with Crippen molar-refractivity contribution in [3.05, 3.63) is 0 Å². The Kier molecular flexibility index (Phi) is 12.9. The van der Waals surface area contributed by atoms with Gasteiger partial charge in [-0.1, -0.05) is 6.42 Å². The summed E-state index contributed by atoms with van der Waals surface area (Å²) in [7, 11) is -4.63. The van der Waals surface area contributed by atoms with Gasteiger partial charge < -0.3 is 26.2 Å². The fraction of sp³-hybridized carbons (Fsp3) is 0.889. The van der Waals surface area contributed by atoms with Crippen LogP contribution in [0.4, 0.5) is 0 Å². The van der Waals surface area contributed by atoms with Crippen molar-refractivity contribution in [1.29, 1.82) is 0 Å². The number of hydrogen-bond donors (Lipinski definition) is 5. The smallest absolute Gasteiger partial charge is 0.394 e. The summed E-state index contributed by atoms with van der Waals surface area (Å²) in [6.07, 6.45) is 0.205. The zero-order valence-corrected chi connectivity index (χ0v) is 12.8. The maximum absolute atomic E-state index is 11.4. The predicted molar refractivity (Wildman–Crippen MR) is 65.8 cm³/mol. The molecular weight excluding hydrogens is 335 g/mol. The molecule has 0 fully saturated rings. The molecule has 0 amide bonds. The van der Waals surface area contributed by atoms with Gasteiger partial charge in [-0.15, -0.1) is 0 Å². The molecule has 0 aromatic carbocycles. The molecule has 0 aliphatic heterocycles. The molecule has 0 bridgehead atoms. The van der Waals surface area contributed by atoms with Crippen LogP contribution in [0.15, 0.2) is 0 Å². The third kappa shape index (κ3) is 10.7. The zero-order valence-electron chi connectivity index (χ0n) is 10.8. The molecule has 0 aliphatic carbocycles. The quantitative estimate of drug-likeness (QED) is 0.177. The van der Waals surface area contributed by atoms with E-state index in [9.17, 15) is 14.3 Å². The van der Waals surface area contributed by atoms with Crippen molar-refractivity contribution >= 4 is 13.8 Å². The van der Waals surface area contributed by atoms with Crippen molar-refractivity contribution in [2.75, 3.05) is 19.8 Å². The number of hydrogen-bond acceptors (Lipinski definition) is 8. The molecule has 0 spiro atoms. The summed E-state index contributed by atoms with van der Waals surface area (Å²) in [5.74, 6) is -1.07. The van der Waals surface area contributed by atoms with Crippen molar-refractivity contribution < 1.29 is 50.6 Å². The minimum atomic E-state index is -4.63. The number of unbranched alkanes of at least 4 members (excludes halogenated alkanes) is 1. The van der Waals surface area contributed by atoms with E-state index >= 15 is 0 Å². The topological polar surface area (TPSA) is 165 Å². The van der Waals surface area contributed by atoms with Crippen LogP contribution in [0.3, 0.4) is 0 Å². The summed E-state index contributed by atoms with van der Waals surface area (Å²) < 4.78 is 19.8. The van der Waals surface area contributed by atoms with E-state index < -0.39 is 39.2 Å². The molecule has 7 N–H and O–H groups in total. The van der Waals surface area contributed by atoms with Gasteiger partial charge >= 0.3 is 13.8 Å². The van der Waals surface area contributed by atoms with Crippen molar-refractivity contribution in [2.45, 2.75) is 31.4 Å². The first-order valence-corrected chi connectivity index (χ1v) is 7.27. The van der Waals surface area contributed by atoms with Gasteiger partial charge in [-0.3, -0.25) is 9.42 Å². The maximum Gasteiger partial charge on any atom is 0.529 e. The molecule has 0 saturated carbocycles. The molecule has 0 aromatic rings. The van der Waals surface area contributed by atoms with E-state index in [1.807, 2.05) is 0 Å². The van der Waals surface area contributed by atoms with E-state index in [2.05, 4.69) is 9.05 Å². The normalized spacial score (nSPS) is 16.6. The Morgan fingerprint density at radius 1 is 1.35 bits per heavy atom. The maximum atomic E-state index is 11.4. The van der Waals surface area contributed by atoms with Crippen LogP contribution in [0.25, 0.3) is 0 Å². The molecule has 0 aliphatic rings. The minimum Gasteiger partial charge on any atom is -0.394 e. The van der Waals surface area contributed by atoms with Gasteiger partial charge in [-0.2, -0.15) is 0 Å². The van der Waals surface area contributed by atoms with Gasteiger partial charge in [0.1, 0.15) is 12.1 Å². The van der Waals surface area contributed by atoms with Gasteiger partial charge in [-0.25, -0.2) is 9.36 Å². The number of phosphoric acid groups is 1. The van der Waals surface area contributed by atoms with Gasteiger partial charge in [0.05, 0.1) is 13.2 Å². The van der Waals surface area contributed by atoms with Crippen LogP contribution in [-0.2, 0) is 35.5 Å². The molecule has 3 atom stereocenters. The number of phosphoric ester groups is 1. The monoisotopic (exact) mass is 356 g/mol. The summed E-state index contributed by atoms with van der Waals surface area (Å²) in [6, 6.07) is -1.04. The Morgan fingerprint density at radius 3 is 2.45 bits per heavy atom. The number of aliphatic hydroxyl groups excluding tert-OH is 2. The third-order valence-electron chi connectivity index (χ3n) is 2.12. The standard InChI is InChI=1S/C9H21N2O7P.Fe/c10-4-2-1-3-8(11)9(14)18-19(15,16)17-6-7(13)5-12;/h7-8,12-13H,1-6,10-11H2,(H,15,16);. The summed E-state index contributed by atoms with van der Waals surface area (Å²) in [6.45, 7) is -0.824. The SMILES string of the molecule is NCCCCC(N)C(=O)OP(=O)(O)OCC(O)CO.[Fe]. The first-order valence-electron chi connectivity index (χ1n) is 5.77. The Hall–Kier alpha value is -0.0205.